The summed E-state index contributed by atoms with van der Waals surface area (Å²) in [5.74, 6) is -3.48. The normalized spacial score (nSPS) is 12.9. The van der Waals surface area contributed by atoms with Crippen molar-refractivity contribution in [2.45, 2.75) is 25.1 Å². The maximum Gasteiger partial charge on any atom is 0.454 e. The number of ketones is 1. The molecule has 0 saturated heterocycles. The molecule has 0 saturated carbocycles. The van der Waals surface area contributed by atoms with Crippen LogP contribution in [0.25, 0.3) is 0 Å². The molecule has 114 valence electrons. The summed E-state index contributed by atoms with van der Waals surface area (Å²) in [6, 6.07) is -1.14. The average molecular weight is 296 g/mol. The number of rotatable bonds is 8. The predicted octanol–water partition coefficient (Wildman–Crippen LogP) is -0.272. The number of hydrogen-bond donors (Lipinski definition) is 4. The van der Waals surface area contributed by atoms with E-state index in [1.807, 2.05) is 0 Å². The number of nitrogens with one attached hydrogen (secondary N) is 1. The summed E-state index contributed by atoms with van der Waals surface area (Å²) in [5, 5.41) is 11.0. The van der Waals surface area contributed by atoms with Crippen LogP contribution in [0.5, 0.6) is 0 Å². The van der Waals surface area contributed by atoms with E-state index in [9.17, 15) is 22.8 Å². The first kappa shape index (κ1) is 17.7. The Morgan fingerprint density at radius 1 is 1.35 bits per heavy atom. The lowest BCUT2D eigenvalue weighted by atomic mass is 10.1. The van der Waals surface area contributed by atoms with E-state index in [1.165, 1.54) is 0 Å². The van der Waals surface area contributed by atoms with Gasteiger partial charge in [-0.2, -0.15) is 13.2 Å². The highest BCUT2D eigenvalue weighted by Crippen LogP contribution is 2.16. The average Bonchev–Trinajstić information content (AvgIpc) is 2.29. The molecule has 0 amide bonds. The molecule has 6 N–H and O–H groups in total. The van der Waals surface area contributed by atoms with Crippen LogP contribution in [-0.4, -0.2) is 41.6 Å². The standard InChI is InChI=1S/C10H15F3N4O3/c11-10(12,13)7(18)3-5-16-6(8(19)20)2-1-4-17-9(14)15/h3,5-6,16H,1-2,4H2,(H,19,20)(H4,14,15,17)/b5-3-. The first-order chi connectivity index (χ1) is 9.14. The molecule has 0 aliphatic rings. The second kappa shape index (κ2) is 8.02. The van der Waals surface area contributed by atoms with Crippen molar-refractivity contribution < 1.29 is 27.9 Å². The van der Waals surface area contributed by atoms with E-state index in [-0.39, 0.29) is 25.0 Å². The molecular formula is C10H15F3N4O3. The van der Waals surface area contributed by atoms with Gasteiger partial charge in [0.1, 0.15) is 6.04 Å². The molecule has 0 aromatic rings. The Bertz CT molecular complexity index is 403. The van der Waals surface area contributed by atoms with Gasteiger partial charge in [0, 0.05) is 18.8 Å². The number of hydrogen-bond acceptors (Lipinski definition) is 4. The lowest BCUT2D eigenvalue weighted by Gasteiger charge is -2.11. The predicted molar refractivity (Wildman–Crippen MR) is 64.7 cm³/mol. The van der Waals surface area contributed by atoms with Crippen LogP contribution in [0.3, 0.4) is 0 Å². The molecular weight excluding hydrogens is 281 g/mol. The van der Waals surface area contributed by atoms with E-state index in [4.69, 9.17) is 16.6 Å². The number of aliphatic carboxylic acids is 1. The van der Waals surface area contributed by atoms with Crippen LogP contribution in [0, 0.1) is 0 Å². The zero-order chi connectivity index (χ0) is 15.8. The molecule has 0 spiro atoms. The molecule has 1 unspecified atom stereocenters. The summed E-state index contributed by atoms with van der Waals surface area (Å²) in [7, 11) is 0. The van der Waals surface area contributed by atoms with Crippen LogP contribution < -0.4 is 16.8 Å². The Morgan fingerprint density at radius 2 is 1.95 bits per heavy atom. The Morgan fingerprint density at radius 3 is 2.40 bits per heavy atom. The van der Waals surface area contributed by atoms with E-state index in [1.54, 1.807) is 0 Å². The van der Waals surface area contributed by atoms with Crippen molar-refractivity contribution >= 4 is 17.7 Å². The Balaban J connectivity index is 4.29. The number of carboxylic acids is 1. The fourth-order valence-electron chi connectivity index (χ4n) is 1.12. The molecule has 0 aromatic carbocycles. The van der Waals surface area contributed by atoms with E-state index >= 15 is 0 Å². The molecule has 20 heavy (non-hydrogen) atoms. The fourth-order valence-corrected chi connectivity index (χ4v) is 1.12. The van der Waals surface area contributed by atoms with Crippen molar-refractivity contribution in [3.63, 3.8) is 0 Å². The summed E-state index contributed by atoms with van der Waals surface area (Å²) in [6.07, 6.45) is -3.70. The van der Waals surface area contributed by atoms with Crippen molar-refractivity contribution in [1.82, 2.24) is 5.32 Å². The highest BCUT2D eigenvalue weighted by molar-refractivity contribution is 5.94. The molecule has 0 fully saturated rings. The van der Waals surface area contributed by atoms with Gasteiger partial charge in [0.25, 0.3) is 5.78 Å². The maximum atomic E-state index is 11.9. The molecule has 7 nitrogen and oxygen atoms in total. The van der Waals surface area contributed by atoms with Crippen LogP contribution in [-0.2, 0) is 9.59 Å². The van der Waals surface area contributed by atoms with Gasteiger partial charge >= 0.3 is 12.1 Å². The summed E-state index contributed by atoms with van der Waals surface area (Å²) >= 11 is 0. The van der Waals surface area contributed by atoms with Gasteiger partial charge in [-0.05, 0) is 12.8 Å². The lowest BCUT2D eigenvalue weighted by Crippen LogP contribution is -2.33. The molecule has 1 atom stereocenters. The Labute approximate surface area is 112 Å². The molecule has 0 heterocycles. The van der Waals surface area contributed by atoms with Crippen molar-refractivity contribution in [2.75, 3.05) is 6.54 Å². The molecule has 0 aliphatic heterocycles. The first-order valence-corrected chi connectivity index (χ1v) is 5.46. The van der Waals surface area contributed by atoms with Crippen molar-refractivity contribution in [2.24, 2.45) is 16.5 Å². The fraction of sp³-hybridized carbons (Fsp3) is 0.500. The van der Waals surface area contributed by atoms with Crippen LogP contribution in [0.15, 0.2) is 17.3 Å². The topological polar surface area (TPSA) is 131 Å². The number of alkyl halides is 3. The number of allylic oxidation sites excluding steroid dienone is 1. The SMILES string of the molecule is NC(N)=NCCCC(N/C=C\C(=O)C(F)(F)F)C(=O)O. The van der Waals surface area contributed by atoms with Crippen molar-refractivity contribution in [1.29, 1.82) is 0 Å². The van der Waals surface area contributed by atoms with E-state index in [0.29, 0.717) is 12.6 Å². The van der Waals surface area contributed by atoms with E-state index in [2.05, 4.69) is 10.3 Å². The second-order valence-corrected chi connectivity index (χ2v) is 3.70. The van der Waals surface area contributed by atoms with Crippen LogP contribution >= 0.6 is 0 Å². The third-order valence-electron chi connectivity index (χ3n) is 2.05. The number of carbonyl (C=O) groups is 2. The van der Waals surface area contributed by atoms with Crippen LogP contribution in [0.2, 0.25) is 0 Å². The number of carbonyl (C=O) groups excluding carboxylic acids is 1. The van der Waals surface area contributed by atoms with Gasteiger partial charge in [-0.15, -0.1) is 0 Å². The minimum absolute atomic E-state index is 0.0800. The van der Waals surface area contributed by atoms with Gasteiger partial charge in [-0.1, -0.05) is 0 Å². The van der Waals surface area contributed by atoms with Crippen LogP contribution in [0.1, 0.15) is 12.8 Å². The minimum atomic E-state index is -4.98. The third kappa shape index (κ3) is 7.95. The zero-order valence-electron chi connectivity index (χ0n) is 10.4. The second-order valence-electron chi connectivity index (χ2n) is 3.70. The van der Waals surface area contributed by atoms with Gasteiger partial charge in [0.2, 0.25) is 0 Å². The summed E-state index contributed by atoms with van der Waals surface area (Å²) in [4.78, 5) is 24.9. The Kier molecular flexibility index (Phi) is 7.11. The number of guanidine groups is 1. The highest BCUT2D eigenvalue weighted by atomic mass is 19.4. The van der Waals surface area contributed by atoms with Crippen LogP contribution in [0.4, 0.5) is 13.2 Å². The molecule has 0 aromatic heterocycles. The molecule has 0 aliphatic carbocycles. The van der Waals surface area contributed by atoms with Gasteiger partial charge in [0.15, 0.2) is 5.96 Å². The minimum Gasteiger partial charge on any atom is -0.480 e. The number of aliphatic imine (C=N–C) groups is 1. The van der Waals surface area contributed by atoms with Crippen molar-refractivity contribution in [3.05, 3.63) is 12.3 Å². The largest absolute Gasteiger partial charge is 0.480 e. The molecule has 0 rings (SSSR count). The van der Waals surface area contributed by atoms with Gasteiger partial charge in [0.05, 0.1) is 0 Å². The first-order valence-electron chi connectivity index (χ1n) is 5.46. The smallest absolute Gasteiger partial charge is 0.454 e. The summed E-state index contributed by atoms with van der Waals surface area (Å²) in [6.45, 7) is 0.193. The number of carboxylic acid groups (broad SMARTS) is 1. The number of halogens is 3. The third-order valence-corrected chi connectivity index (χ3v) is 2.05. The summed E-state index contributed by atoms with van der Waals surface area (Å²) in [5.41, 5.74) is 10.1. The maximum absolute atomic E-state index is 11.9. The van der Waals surface area contributed by atoms with Gasteiger partial charge in [-0.25, -0.2) is 4.79 Å². The van der Waals surface area contributed by atoms with Crippen molar-refractivity contribution in [3.8, 4) is 0 Å². The lowest BCUT2D eigenvalue weighted by molar-refractivity contribution is -0.165. The molecule has 0 radical (unpaired) electrons. The van der Waals surface area contributed by atoms with E-state index in [0.717, 1.165) is 0 Å². The quantitative estimate of drug-likeness (QED) is 0.211. The number of nitrogens with zero attached hydrogens (tertiary/aromatic N) is 1. The van der Waals surface area contributed by atoms with Gasteiger partial charge < -0.3 is 21.9 Å². The number of nitrogens with two attached hydrogens (primary N) is 2. The highest BCUT2D eigenvalue weighted by Gasteiger charge is 2.36. The molecule has 10 heteroatoms. The monoisotopic (exact) mass is 296 g/mol. The summed E-state index contributed by atoms with van der Waals surface area (Å²) < 4.78 is 35.6. The van der Waals surface area contributed by atoms with Gasteiger partial charge in [-0.3, -0.25) is 9.79 Å². The zero-order valence-corrected chi connectivity index (χ0v) is 10.4. The van der Waals surface area contributed by atoms with E-state index < -0.39 is 24.0 Å². The molecule has 0 bridgehead atoms. The Hall–Kier alpha value is -2.26.